The first kappa shape index (κ1) is 32.9. The number of rotatable bonds is 18. The van der Waals surface area contributed by atoms with E-state index in [2.05, 4.69) is 0 Å². The van der Waals surface area contributed by atoms with Gasteiger partial charge in [-0.3, -0.25) is 0 Å². The van der Waals surface area contributed by atoms with Crippen molar-refractivity contribution in [3.63, 3.8) is 0 Å². The van der Waals surface area contributed by atoms with E-state index in [1.54, 1.807) is 0 Å². The van der Waals surface area contributed by atoms with Gasteiger partial charge in [-0.1, -0.05) is 62.4 Å². The average Bonchev–Trinajstić information content (AvgIpc) is 3.05. The maximum absolute atomic E-state index is 10.5. The molecule has 3 N–H and O–H groups in total. The quantitative estimate of drug-likeness (QED) is 0.129. The maximum atomic E-state index is 10.5. The standard InChI is InChI=1S/C37H44O7/c1-3-31(38)23-41-34-13-5-9-27(19-34)17-29-11-7-15-36(21-29)43-25-33(40)26-44-37-16-8-12-30(22-37)18-28-10-6-14-35(20-28)42-24-32(39)4-2/h5-16,19-22,31-33,38-40H,3-4,17-18,23-26H2,1-2H3. The van der Waals surface area contributed by atoms with Crippen LogP contribution < -0.4 is 18.9 Å². The molecule has 4 rings (SSSR count). The predicted molar refractivity (Wildman–Crippen MR) is 172 cm³/mol. The Kier molecular flexibility index (Phi) is 12.9. The Morgan fingerprint density at radius 2 is 0.705 bits per heavy atom. The number of ether oxygens (including phenoxy) is 4. The van der Waals surface area contributed by atoms with Gasteiger partial charge >= 0.3 is 0 Å². The van der Waals surface area contributed by atoms with Crippen molar-refractivity contribution >= 4 is 0 Å². The number of aliphatic hydroxyl groups is 3. The molecule has 0 aromatic heterocycles. The zero-order valence-electron chi connectivity index (χ0n) is 25.6. The summed E-state index contributed by atoms with van der Waals surface area (Å²) in [5, 5.41) is 30.1. The number of benzene rings is 4. The molecule has 0 saturated carbocycles. The first-order chi connectivity index (χ1) is 21.4. The van der Waals surface area contributed by atoms with Gasteiger partial charge in [0.2, 0.25) is 0 Å². The fourth-order valence-corrected chi connectivity index (χ4v) is 4.51. The summed E-state index contributed by atoms with van der Waals surface area (Å²) >= 11 is 0. The molecule has 0 amide bonds. The molecule has 0 spiro atoms. The van der Waals surface area contributed by atoms with Gasteiger partial charge in [0.15, 0.2) is 0 Å². The Morgan fingerprint density at radius 3 is 0.977 bits per heavy atom. The lowest BCUT2D eigenvalue weighted by atomic mass is 10.0. The molecule has 7 nitrogen and oxygen atoms in total. The molecule has 4 aromatic carbocycles. The fourth-order valence-electron chi connectivity index (χ4n) is 4.51. The molecule has 7 heteroatoms. The molecule has 2 atom stereocenters. The minimum Gasteiger partial charge on any atom is -0.491 e. The lowest BCUT2D eigenvalue weighted by Crippen LogP contribution is -2.25. The molecule has 0 fully saturated rings. The van der Waals surface area contributed by atoms with Gasteiger partial charge in [-0.05, 0) is 96.5 Å². The van der Waals surface area contributed by atoms with Crippen molar-refractivity contribution in [1.29, 1.82) is 0 Å². The Morgan fingerprint density at radius 1 is 0.432 bits per heavy atom. The van der Waals surface area contributed by atoms with Crippen molar-refractivity contribution in [3.8, 4) is 23.0 Å². The number of hydrogen-bond donors (Lipinski definition) is 3. The van der Waals surface area contributed by atoms with E-state index in [4.69, 9.17) is 18.9 Å². The smallest absolute Gasteiger partial charge is 0.122 e. The van der Waals surface area contributed by atoms with Crippen molar-refractivity contribution in [1.82, 2.24) is 0 Å². The Balaban J connectivity index is 1.23. The van der Waals surface area contributed by atoms with Crippen LogP contribution in [0.15, 0.2) is 97.1 Å². The van der Waals surface area contributed by atoms with Gasteiger partial charge < -0.3 is 34.3 Å². The van der Waals surface area contributed by atoms with Gasteiger partial charge in [-0.15, -0.1) is 0 Å². The average molecular weight is 601 g/mol. The third-order valence-corrected chi connectivity index (χ3v) is 7.12. The molecule has 0 aliphatic carbocycles. The van der Waals surface area contributed by atoms with E-state index in [9.17, 15) is 15.3 Å². The van der Waals surface area contributed by atoms with Crippen LogP contribution in [-0.4, -0.2) is 60.1 Å². The highest BCUT2D eigenvalue weighted by atomic mass is 16.5. The van der Waals surface area contributed by atoms with Gasteiger partial charge in [-0.25, -0.2) is 0 Å². The van der Waals surface area contributed by atoms with Gasteiger partial charge in [0, 0.05) is 0 Å². The molecule has 0 aliphatic heterocycles. The molecule has 0 heterocycles. The predicted octanol–water partition coefficient (Wildman–Crippen LogP) is 5.99. The SMILES string of the molecule is CCC(O)COc1cccc(Cc2cccc(OCC(O)COc3cccc(Cc4cccc(OCC(O)CC)c4)c3)c2)c1. The monoisotopic (exact) mass is 600 g/mol. The van der Waals surface area contributed by atoms with Gasteiger partial charge in [0.1, 0.15) is 55.5 Å². The normalized spacial score (nSPS) is 13.1. The Hall–Kier alpha value is -4.04. The molecule has 0 bridgehead atoms. The number of aliphatic hydroxyl groups excluding tert-OH is 3. The first-order valence-corrected chi connectivity index (χ1v) is 15.3. The minimum absolute atomic E-state index is 0.103. The lowest BCUT2D eigenvalue weighted by Gasteiger charge is -2.15. The molecule has 0 aliphatic rings. The number of hydrogen-bond acceptors (Lipinski definition) is 7. The molecule has 0 saturated heterocycles. The van der Waals surface area contributed by atoms with Crippen LogP contribution in [0.5, 0.6) is 23.0 Å². The summed E-state index contributed by atoms with van der Waals surface area (Å²) in [6.45, 7) is 4.60. The molecule has 234 valence electrons. The second-order valence-electron chi connectivity index (χ2n) is 11.0. The van der Waals surface area contributed by atoms with Crippen LogP contribution in [0, 0.1) is 0 Å². The van der Waals surface area contributed by atoms with E-state index in [1.165, 1.54) is 0 Å². The van der Waals surface area contributed by atoms with Crippen LogP contribution in [0.4, 0.5) is 0 Å². The van der Waals surface area contributed by atoms with E-state index in [1.807, 2.05) is 111 Å². The van der Waals surface area contributed by atoms with Crippen LogP contribution in [0.1, 0.15) is 48.9 Å². The van der Waals surface area contributed by atoms with E-state index < -0.39 is 18.3 Å². The second kappa shape index (κ2) is 17.3. The molecule has 0 radical (unpaired) electrons. The van der Waals surface area contributed by atoms with Crippen molar-refractivity contribution in [2.24, 2.45) is 0 Å². The zero-order chi connectivity index (χ0) is 31.1. The van der Waals surface area contributed by atoms with Crippen LogP contribution >= 0.6 is 0 Å². The highest BCUT2D eigenvalue weighted by molar-refractivity contribution is 5.37. The molecule has 44 heavy (non-hydrogen) atoms. The fraction of sp³-hybridized carbons (Fsp3) is 0.351. The molecule has 4 aromatic rings. The molecular weight excluding hydrogens is 556 g/mol. The van der Waals surface area contributed by atoms with Gasteiger partial charge in [0.05, 0.1) is 12.2 Å². The first-order valence-electron chi connectivity index (χ1n) is 15.3. The van der Waals surface area contributed by atoms with Crippen molar-refractivity contribution in [2.45, 2.75) is 57.8 Å². The van der Waals surface area contributed by atoms with Gasteiger partial charge in [0.25, 0.3) is 0 Å². The maximum Gasteiger partial charge on any atom is 0.122 e. The largest absolute Gasteiger partial charge is 0.491 e. The summed E-state index contributed by atoms with van der Waals surface area (Å²) in [6, 6.07) is 31.4. The summed E-state index contributed by atoms with van der Waals surface area (Å²) in [5.74, 6) is 2.83. The molecule has 2 unspecified atom stereocenters. The van der Waals surface area contributed by atoms with Crippen LogP contribution in [0.3, 0.4) is 0 Å². The van der Waals surface area contributed by atoms with E-state index in [0.29, 0.717) is 37.2 Å². The van der Waals surface area contributed by atoms with Crippen molar-refractivity contribution < 1.29 is 34.3 Å². The summed E-state index contributed by atoms with van der Waals surface area (Å²) in [5.41, 5.74) is 4.33. The third-order valence-electron chi connectivity index (χ3n) is 7.12. The van der Waals surface area contributed by atoms with E-state index in [0.717, 1.165) is 33.8 Å². The highest BCUT2D eigenvalue weighted by Crippen LogP contribution is 2.22. The topological polar surface area (TPSA) is 97.6 Å². The summed E-state index contributed by atoms with van der Waals surface area (Å²) < 4.78 is 23.2. The Labute approximate surface area is 260 Å². The highest BCUT2D eigenvalue weighted by Gasteiger charge is 2.10. The lowest BCUT2D eigenvalue weighted by molar-refractivity contribution is 0.0626. The van der Waals surface area contributed by atoms with Crippen molar-refractivity contribution in [3.05, 3.63) is 119 Å². The minimum atomic E-state index is -0.804. The molecular formula is C37H44O7. The van der Waals surface area contributed by atoms with Crippen LogP contribution in [0.2, 0.25) is 0 Å². The van der Waals surface area contributed by atoms with Gasteiger partial charge in [-0.2, -0.15) is 0 Å². The van der Waals surface area contributed by atoms with E-state index in [-0.39, 0.29) is 26.4 Å². The Bertz CT molecular complexity index is 1320. The van der Waals surface area contributed by atoms with Crippen molar-refractivity contribution in [2.75, 3.05) is 26.4 Å². The second-order valence-corrected chi connectivity index (χ2v) is 11.0. The summed E-state index contributed by atoms with van der Waals surface area (Å²) in [4.78, 5) is 0. The summed E-state index contributed by atoms with van der Waals surface area (Å²) in [7, 11) is 0. The zero-order valence-corrected chi connectivity index (χ0v) is 25.6. The van der Waals surface area contributed by atoms with Crippen LogP contribution in [-0.2, 0) is 12.8 Å². The third kappa shape index (κ3) is 11.2. The summed E-state index contributed by atoms with van der Waals surface area (Å²) in [6.07, 6.45) is 0.958. The van der Waals surface area contributed by atoms with E-state index >= 15 is 0 Å². The van der Waals surface area contributed by atoms with Crippen LogP contribution in [0.25, 0.3) is 0 Å².